The van der Waals surface area contributed by atoms with Crippen LogP contribution in [0.4, 0.5) is 11.4 Å². The van der Waals surface area contributed by atoms with Gasteiger partial charge in [0, 0.05) is 47.5 Å². The molecule has 2 aliphatic heterocycles. The Labute approximate surface area is 277 Å². The van der Waals surface area contributed by atoms with Crippen molar-refractivity contribution in [2.75, 3.05) is 18.0 Å². The van der Waals surface area contributed by atoms with Gasteiger partial charge in [-0.05, 0) is 93.5 Å². The molecule has 1 aliphatic carbocycles. The molecule has 0 aromatic heterocycles. The minimum absolute atomic E-state index is 0.0643. The number of hydrogen-bond donors (Lipinski definition) is 0. The Morgan fingerprint density at radius 2 is 1.57 bits per heavy atom. The summed E-state index contributed by atoms with van der Waals surface area (Å²) in [5.41, 5.74) is 11.9. The molecule has 0 saturated carbocycles. The van der Waals surface area contributed by atoms with Crippen LogP contribution >= 0.6 is 0 Å². The molecule has 0 spiro atoms. The Bertz CT molecular complexity index is 1760. The zero-order chi connectivity index (χ0) is 32.5. The monoisotopic (exact) mass is 611 g/mol. The Morgan fingerprint density at radius 1 is 0.804 bits per heavy atom. The molecule has 0 fully saturated rings. The van der Waals surface area contributed by atoms with Crippen molar-refractivity contribution in [3.8, 4) is 5.75 Å². The second-order valence-corrected chi connectivity index (χ2v) is 14.2. The third-order valence-corrected chi connectivity index (χ3v) is 10.1. The van der Waals surface area contributed by atoms with Crippen molar-refractivity contribution in [2.24, 2.45) is 0 Å². The van der Waals surface area contributed by atoms with E-state index in [0.29, 0.717) is 0 Å². The van der Waals surface area contributed by atoms with Crippen LogP contribution in [-0.2, 0) is 10.8 Å². The zero-order valence-corrected chi connectivity index (χ0v) is 29.0. The van der Waals surface area contributed by atoms with Crippen LogP contribution in [0.1, 0.15) is 90.3 Å². The van der Waals surface area contributed by atoms with Gasteiger partial charge >= 0.3 is 0 Å². The topological polar surface area (TPSA) is 15.5 Å². The first-order valence-electron chi connectivity index (χ1n) is 17.4. The standard InChI is InChI=1S/C43H51N2O/c1-8-28-44-37-21-14-13-20-35(37)42(4,5)39(44)26-23-32-16-15-17-33(41(32)46-34-18-11-10-12-19-34)24-27-40-43(6,7)36-30-31(3)22-25-38(36)45(40)29-9-2/h10-14,18-27,30H,8-9,15-17,28-29H2,1-7H3/q+1. The molecule has 0 radical (unpaired) electrons. The number of benzene rings is 3. The molecule has 238 valence electrons. The van der Waals surface area contributed by atoms with Gasteiger partial charge in [0.2, 0.25) is 5.69 Å². The lowest BCUT2D eigenvalue weighted by atomic mass is 9.81. The number of anilines is 1. The quantitative estimate of drug-likeness (QED) is 0.224. The third-order valence-electron chi connectivity index (χ3n) is 10.1. The average Bonchev–Trinajstić information content (AvgIpc) is 3.38. The highest BCUT2D eigenvalue weighted by Crippen LogP contribution is 2.48. The van der Waals surface area contributed by atoms with Crippen LogP contribution in [0.2, 0.25) is 0 Å². The summed E-state index contributed by atoms with van der Waals surface area (Å²) in [6.07, 6.45) is 14.8. The molecule has 6 rings (SSSR count). The summed E-state index contributed by atoms with van der Waals surface area (Å²) in [6, 6.07) is 26.1. The molecular weight excluding hydrogens is 560 g/mol. The van der Waals surface area contributed by atoms with Gasteiger partial charge in [-0.2, -0.15) is 4.58 Å². The summed E-state index contributed by atoms with van der Waals surface area (Å²) >= 11 is 0. The van der Waals surface area contributed by atoms with E-state index < -0.39 is 0 Å². The molecule has 2 heterocycles. The van der Waals surface area contributed by atoms with E-state index in [1.165, 1.54) is 50.6 Å². The molecule has 3 heteroatoms. The SMILES string of the molecule is CCCN1/C(=C/C=C2\CCCC(/C=C/C3=[N+](CCC)c4ccccc4C3(C)C)=C2Oc2ccccc2)C(C)(C)c2cc(C)ccc21. The molecule has 0 amide bonds. The molecule has 0 unspecified atom stereocenters. The van der Waals surface area contributed by atoms with Gasteiger partial charge in [0.1, 0.15) is 18.1 Å². The minimum atomic E-state index is -0.0718. The highest BCUT2D eigenvalue weighted by molar-refractivity contribution is 6.03. The molecule has 3 aromatic rings. The molecular formula is C43H51N2O+. The third kappa shape index (κ3) is 5.81. The molecule has 0 N–H and O–H groups in total. The van der Waals surface area contributed by atoms with Crippen LogP contribution < -0.4 is 9.64 Å². The van der Waals surface area contributed by atoms with Gasteiger partial charge in [0.15, 0.2) is 5.71 Å². The van der Waals surface area contributed by atoms with E-state index in [9.17, 15) is 0 Å². The first kappa shape index (κ1) is 31.9. The number of fused-ring (bicyclic) bond motifs is 2. The second kappa shape index (κ2) is 12.9. The van der Waals surface area contributed by atoms with E-state index in [1.54, 1.807) is 0 Å². The Hall–Kier alpha value is -4.11. The molecule has 3 aromatic carbocycles. The van der Waals surface area contributed by atoms with Crippen molar-refractivity contribution in [3.63, 3.8) is 0 Å². The number of ether oxygens (including phenoxy) is 1. The van der Waals surface area contributed by atoms with Crippen molar-refractivity contribution >= 4 is 17.1 Å². The van der Waals surface area contributed by atoms with Crippen LogP contribution in [-0.4, -0.2) is 23.4 Å². The highest BCUT2D eigenvalue weighted by atomic mass is 16.5. The fraction of sp³-hybridized carbons (Fsp3) is 0.372. The van der Waals surface area contributed by atoms with Gasteiger partial charge in [-0.25, -0.2) is 0 Å². The van der Waals surface area contributed by atoms with E-state index >= 15 is 0 Å². The second-order valence-electron chi connectivity index (χ2n) is 14.2. The van der Waals surface area contributed by atoms with Gasteiger partial charge in [-0.15, -0.1) is 0 Å². The first-order valence-corrected chi connectivity index (χ1v) is 17.4. The minimum Gasteiger partial charge on any atom is -0.457 e. The van der Waals surface area contributed by atoms with E-state index in [1.807, 2.05) is 6.07 Å². The summed E-state index contributed by atoms with van der Waals surface area (Å²) < 4.78 is 9.32. The summed E-state index contributed by atoms with van der Waals surface area (Å²) in [4.78, 5) is 2.54. The van der Waals surface area contributed by atoms with Crippen LogP contribution in [0.25, 0.3) is 0 Å². The Morgan fingerprint density at radius 3 is 2.33 bits per heavy atom. The number of hydrogen-bond acceptors (Lipinski definition) is 2. The Balaban J connectivity index is 1.44. The number of allylic oxidation sites excluding steroid dienone is 7. The van der Waals surface area contributed by atoms with Crippen molar-refractivity contribution < 1.29 is 9.31 Å². The fourth-order valence-electron chi connectivity index (χ4n) is 7.68. The van der Waals surface area contributed by atoms with Crippen molar-refractivity contribution in [1.82, 2.24) is 0 Å². The molecule has 46 heavy (non-hydrogen) atoms. The lowest BCUT2D eigenvalue weighted by Crippen LogP contribution is -2.28. The van der Waals surface area contributed by atoms with Crippen molar-refractivity contribution in [1.29, 1.82) is 0 Å². The van der Waals surface area contributed by atoms with Crippen molar-refractivity contribution in [2.45, 2.75) is 91.4 Å². The van der Waals surface area contributed by atoms with Gasteiger partial charge < -0.3 is 9.64 Å². The zero-order valence-electron chi connectivity index (χ0n) is 29.0. The number of para-hydroxylation sites is 2. The van der Waals surface area contributed by atoms with Crippen molar-refractivity contribution in [3.05, 3.63) is 136 Å². The van der Waals surface area contributed by atoms with E-state index in [2.05, 4.69) is 149 Å². The predicted molar refractivity (Wildman–Crippen MR) is 195 cm³/mol. The van der Waals surface area contributed by atoms with Crippen LogP contribution in [0.15, 0.2) is 120 Å². The lowest BCUT2D eigenvalue weighted by molar-refractivity contribution is -0.437. The van der Waals surface area contributed by atoms with Gasteiger partial charge in [-0.3, -0.25) is 0 Å². The molecule has 3 nitrogen and oxygen atoms in total. The number of aryl methyl sites for hydroxylation is 1. The number of rotatable bonds is 9. The summed E-state index contributed by atoms with van der Waals surface area (Å²) in [5, 5.41) is 0. The molecule has 0 saturated heterocycles. The summed E-state index contributed by atoms with van der Waals surface area (Å²) in [6.45, 7) is 18.2. The average molecular weight is 612 g/mol. The predicted octanol–water partition coefficient (Wildman–Crippen LogP) is 10.9. The van der Waals surface area contributed by atoms with E-state index in [0.717, 1.165) is 56.7 Å². The smallest absolute Gasteiger partial charge is 0.209 e. The normalized spacial score (nSPS) is 20.3. The van der Waals surface area contributed by atoms with E-state index in [-0.39, 0.29) is 10.8 Å². The van der Waals surface area contributed by atoms with Crippen LogP contribution in [0, 0.1) is 6.92 Å². The maximum Gasteiger partial charge on any atom is 0.209 e. The first-order chi connectivity index (χ1) is 22.2. The largest absolute Gasteiger partial charge is 0.457 e. The van der Waals surface area contributed by atoms with Gasteiger partial charge in [-0.1, -0.05) is 87.9 Å². The van der Waals surface area contributed by atoms with Gasteiger partial charge in [0.05, 0.1) is 5.41 Å². The summed E-state index contributed by atoms with van der Waals surface area (Å²) in [5.74, 6) is 1.89. The fourth-order valence-corrected chi connectivity index (χ4v) is 7.68. The Kier molecular flexibility index (Phi) is 8.97. The van der Waals surface area contributed by atoms with Crippen LogP contribution in [0.3, 0.4) is 0 Å². The molecule has 0 bridgehead atoms. The summed E-state index contributed by atoms with van der Waals surface area (Å²) in [7, 11) is 0. The van der Waals surface area contributed by atoms with E-state index in [4.69, 9.17) is 4.74 Å². The number of nitrogens with zero attached hydrogens (tertiary/aromatic N) is 2. The van der Waals surface area contributed by atoms with Crippen LogP contribution in [0.5, 0.6) is 5.75 Å². The van der Waals surface area contributed by atoms with Gasteiger partial charge in [0.25, 0.3) is 0 Å². The molecule has 0 atom stereocenters. The highest BCUT2D eigenvalue weighted by Gasteiger charge is 2.44. The lowest BCUT2D eigenvalue weighted by Gasteiger charge is -2.27. The maximum absolute atomic E-state index is 6.80. The molecule has 3 aliphatic rings. The maximum atomic E-state index is 6.80.